The summed E-state index contributed by atoms with van der Waals surface area (Å²) in [6.07, 6.45) is 0. The lowest BCUT2D eigenvalue weighted by molar-refractivity contribution is 0.102. The van der Waals surface area contributed by atoms with Gasteiger partial charge in [0.2, 0.25) is 0 Å². The summed E-state index contributed by atoms with van der Waals surface area (Å²) in [5.74, 6) is -2.06. The van der Waals surface area contributed by atoms with Gasteiger partial charge in [0.1, 0.15) is 11.6 Å². The highest BCUT2D eigenvalue weighted by molar-refractivity contribution is 14.1. The van der Waals surface area contributed by atoms with Gasteiger partial charge in [-0.1, -0.05) is 6.07 Å². The molecule has 2 aromatic rings. The van der Waals surface area contributed by atoms with E-state index in [0.717, 1.165) is 27.3 Å². The maximum absolute atomic E-state index is 13.5. The minimum atomic E-state index is -0.748. The van der Waals surface area contributed by atoms with Gasteiger partial charge in [-0.25, -0.2) is 8.78 Å². The summed E-state index contributed by atoms with van der Waals surface area (Å²) >= 11 is 2.14. The van der Waals surface area contributed by atoms with Crippen LogP contribution in [-0.2, 0) is 0 Å². The van der Waals surface area contributed by atoms with Gasteiger partial charge in [-0.3, -0.25) is 4.79 Å². The van der Waals surface area contributed by atoms with Crippen molar-refractivity contribution in [2.24, 2.45) is 0 Å². The molecule has 1 N–H and O–H groups in total. The number of benzene rings is 2. The first kappa shape index (κ1) is 13.9. The second-order valence-electron chi connectivity index (χ2n) is 3.99. The van der Waals surface area contributed by atoms with Crippen LogP contribution in [0.1, 0.15) is 15.9 Å². The Morgan fingerprint density at radius 2 is 1.95 bits per heavy atom. The largest absolute Gasteiger partial charge is 0.322 e. The number of carbonyl (C=O) groups excluding carboxylic acids is 1. The van der Waals surface area contributed by atoms with Gasteiger partial charge in [0, 0.05) is 9.26 Å². The number of carbonyl (C=O) groups is 1. The third-order valence-corrected chi connectivity index (χ3v) is 3.86. The zero-order valence-electron chi connectivity index (χ0n) is 10.0. The van der Waals surface area contributed by atoms with E-state index >= 15 is 0 Å². The molecule has 0 saturated heterocycles. The molecule has 2 aromatic carbocycles. The Morgan fingerprint density at radius 1 is 1.21 bits per heavy atom. The number of amides is 1. The minimum Gasteiger partial charge on any atom is -0.322 e. The average molecular weight is 373 g/mol. The topological polar surface area (TPSA) is 29.1 Å². The molecule has 0 aromatic heterocycles. The highest BCUT2D eigenvalue weighted by atomic mass is 127. The Morgan fingerprint density at radius 3 is 2.68 bits per heavy atom. The number of hydrogen-bond acceptors (Lipinski definition) is 1. The van der Waals surface area contributed by atoms with Crippen molar-refractivity contribution in [3.63, 3.8) is 0 Å². The second kappa shape index (κ2) is 5.64. The van der Waals surface area contributed by atoms with E-state index in [-0.39, 0.29) is 5.56 Å². The SMILES string of the molecule is Cc1c(I)cccc1NC(=O)c1cc(F)ccc1F. The van der Waals surface area contributed by atoms with E-state index in [2.05, 4.69) is 27.9 Å². The Balaban J connectivity index is 2.31. The third-order valence-electron chi connectivity index (χ3n) is 2.69. The van der Waals surface area contributed by atoms with E-state index in [1.807, 2.05) is 13.0 Å². The summed E-state index contributed by atoms with van der Waals surface area (Å²) in [4.78, 5) is 11.9. The quantitative estimate of drug-likeness (QED) is 0.789. The molecule has 98 valence electrons. The van der Waals surface area contributed by atoms with Gasteiger partial charge in [-0.2, -0.15) is 0 Å². The van der Waals surface area contributed by atoms with Crippen LogP contribution in [0.4, 0.5) is 14.5 Å². The number of halogens is 3. The molecular formula is C14H10F2INO. The molecular weight excluding hydrogens is 363 g/mol. The van der Waals surface area contributed by atoms with Crippen molar-refractivity contribution < 1.29 is 13.6 Å². The molecule has 0 radical (unpaired) electrons. The highest BCUT2D eigenvalue weighted by Crippen LogP contribution is 2.21. The van der Waals surface area contributed by atoms with Crippen molar-refractivity contribution in [3.05, 3.63) is 62.7 Å². The van der Waals surface area contributed by atoms with Gasteiger partial charge in [0.15, 0.2) is 0 Å². The van der Waals surface area contributed by atoms with Crippen LogP contribution in [-0.4, -0.2) is 5.91 Å². The van der Waals surface area contributed by atoms with Crippen LogP contribution in [0.5, 0.6) is 0 Å². The molecule has 0 unspecified atom stereocenters. The van der Waals surface area contributed by atoms with Crippen molar-refractivity contribution in [2.75, 3.05) is 5.32 Å². The Labute approximate surface area is 123 Å². The van der Waals surface area contributed by atoms with Gasteiger partial charge in [0.25, 0.3) is 5.91 Å². The average Bonchev–Trinajstić information content (AvgIpc) is 2.38. The van der Waals surface area contributed by atoms with Gasteiger partial charge in [-0.15, -0.1) is 0 Å². The summed E-state index contributed by atoms with van der Waals surface area (Å²) in [5, 5.41) is 2.58. The lowest BCUT2D eigenvalue weighted by Gasteiger charge is -2.10. The molecule has 2 rings (SSSR count). The number of anilines is 1. The minimum absolute atomic E-state index is 0.307. The fourth-order valence-corrected chi connectivity index (χ4v) is 2.10. The van der Waals surface area contributed by atoms with Crippen LogP contribution in [0.3, 0.4) is 0 Å². The molecule has 0 fully saturated rings. The van der Waals surface area contributed by atoms with Gasteiger partial charge < -0.3 is 5.32 Å². The smallest absolute Gasteiger partial charge is 0.258 e. The molecule has 5 heteroatoms. The van der Waals surface area contributed by atoms with E-state index in [1.165, 1.54) is 0 Å². The van der Waals surface area contributed by atoms with Gasteiger partial charge in [0.05, 0.1) is 5.56 Å². The Kier molecular flexibility index (Phi) is 4.14. The fraction of sp³-hybridized carbons (Fsp3) is 0.0714. The monoisotopic (exact) mass is 373 g/mol. The van der Waals surface area contributed by atoms with Crippen LogP contribution in [0.15, 0.2) is 36.4 Å². The summed E-state index contributed by atoms with van der Waals surface area (Å²) in [6, 6.07) is 8.19. The predicted molar refractivity (Wildman–Crippen MR) is 78.2 cm³/mol. The normalized spacial score (nSPS) is 10.3. The van der Waals surface area contributed by atoms with E-state index in [9.17, 15) is 13.6 Å². The second-order valence-corrected chi connectivity index (χ2v) is 5.15. The molecule has 0 saturated carbocycles. The maximum Gasteiger partial charge on any atom is 0.258 e. The molecule has 2 nitrogen and oxygen atoms in total. The lowest BCUT2D eigenvalue weighted by atomic mass is 10.1. The molecule has 1 amide bonds. The van der Waals surface area contributed by atoms with Gasteiger partial charge in [-0.05, 0) is 65.4 Å². The Bertz CT molecular complexity index is 643. The molecule has 19 heavy (non-hydrogen) atoms. The van der Waals surface area contributed by atoms with E-state index in [1.54, 1.807) is 12.1 Å². The zero-order valence-corrected chi connectivity index (χ0v) is 12.2. The van der Waals surface area contributed by atoms with Crippen LogP contribution in [0.2, 0.25) is 0 Å². The first-order valence-corrected chi connectivity index (χ1v) is 6.58. The highest BCUT2D eigenvalue weighted by Gasteiger charge is 2.14. The fourth-order valence-electron chi connectivity index (χ4n) is 1.60. The molecule has 0 atom stereocenters. The first-order valence-electron chi connectivity index (χ1n) is 5.50. The van der Waals surface area contributed by atoms with Crippen LogP contribution in [0, 0.1) is 22.1 Å². The summed E-state index contributed by atoms with van der Waals surface area (Å²) in [5.41, 5.74) is 1.16. The van der Waals surface area contributed by atoms with E-state index < -0.39 is 17.5 Å². The van der Waals surface area contributed by atoms with Crippen molar-refractivity contribution in [1.29, 1.82) is 0 Å². The molecule has 0 aliphatic carbocycles. The standard InChI is InChI=1S/C14H10F2INO/c1-8-12(17)3-2-4-13(8)18-14(19)10-7-9(15)5-6-11(10)16/h2-7H,1H3,(H,18,19). The van der Waals surface area contributed by atoms with E-state index in [0.29, 0.717) is 5.69 Å². The van der Waals surface area contributed by atoms with Crippen LogP contribution in [0.25, 0.3) is 0 Å². The third kappa shape index (κ3) is 3.09. The molecule has 0 aliphatic rings. The van der Waals surface area contributed by atoms with Crippen LogP contribution < -0.4 is 5.32 Å². The van der Waals surface area contributed by atoms with Crippen molar-refractivity contribution in [3.8, 4) is 0 Å². The summed E-state index contributed by atoms with van der Waals surface area (Å²) in [6.45, 7) is 1.85. The van der Waals surface area contributed by atoms with Crippen molar-refractivity contribution in [1.82, 2.24) is 0 Å². The maximum atomic E-state index is 13.5. The first-order chi connectivity index (χ1) is 8.99. The van der Waals surface area contributed by atoms with Gasteiger partial charge >= 0.3 is 0 Å². The molecule has 0 heterocycles. The molecule has 0 aliphatic heterocycles. The van der Waals surface area contributed by atoms with Crippen LogP contribution >= 0.6 is 22.6 Å². The summed E-state index contributed by atoms with van der Waals surface area (Å²) in [7, 11) is 0. The molecule has 0 spiro atoms. The van der Waals surface area contributed by atoms with Crippen molar-refractivity contribution in [2.45, 2.75) is 6.92 Å². The zero-order chi connectivity index (χ0) is 14.0. The number of rotatable bonds is 2. The predicted octanol–water partition coefficient (Wildman–Crippen LogP) is 4.13. The van der Waals surface area contributed by atoms with Crippen molar-refractivity contribution >= 4 is 34.2 Å². The van der Waals surface area contributed by atoms with E-state index in [4.69, 9.17) is 0 Å². The summed E-state index contributed by atoms with van der Waals surface area (Å²) < 4.78 is 27.5. The number of nitrogens with one attached hydrogen (secondary N) is 1. The Hall–Kier alpha value is -1.50. The number of hydrogen-bond donors (Lipinski definition) is 1. The molecule has 0 bridgehead atoms. The lowest BCUT2D eigenvalue weighted by Crippen LogP contribution is -2.15.